The molecule has 0 fully saturated rings. The van der Waals surface area contributed by atoms with Gasteiger partial charge in [-0.15, -0.1) is 0 Å². The number of hydrogen-bond donors (Lipinski definition) is 1. The minimum absolute atomic E-state index is 0.248. The van der Waals surface area contributed by atoms with Crippen molar-refractivity contribution in [1.82, 2.24) is 0 Å². The first kappa shape index (κ1) is 14.7. The second-order valence-corrected chi connectivity index (χ2v) is 6.70. The van der Waals surface area contributed by atoms with Crippen LogP contribution >= 0.6 is 0 Å². The average molecular weight is 294 g/mol. The van der Waals surface area contributed by atoms with Gasteiger partial charge in [0.2, 0.25) is 0 Å². The Hall–Kier alpha value is -1.72. The molecule has 0 amide bonds. The third kappa shape index (κ3) is 3.65. The van der Waals surface area contributed by atoms with E-state index in [1.54, 1.807) is 12.1 Å². The van der Waals surface area contributed by atoms with Crippen molar-refractivity contribution in [1.29, 1.82) is 0 Å². The standard InChI is InChI=1S/C15H15FO3S/c1-20(18,19)14-8-2-11(3-9-14)10-15(17)12-4-6-13(16)7-5-12/h2-9,15,17H,10H2,1H3. The molecule has 0 spiro atoms. The van der Waals surface area contributed by atoms with Crippen molar-refractivity contribution in [2.24, 2.45) is 0 Å². The van der Waals surface area contributed by atoms with Crippen molar-refractivity contribution < 1.29 is 17.9 Å². The summed E-state index contributed by atoms with van der Waals surface area (Å²) in [5.74, 6) is -0.349. The predicted octanol–water partition coefficient (Wildman–Crippen LogP) is 2.51. The number of benzene rings is 2. The van der Waals surface area contributed by atoms with Gasteiger partial charge in [0.15, 0.2) is 9.84 Å². The van der Waals surface area contributed by atoms with Crippen molar-refractivity contribution in [3.05, 3.63) is 65.5 Å². The predicted molar refractivity (Wildman–Crippen MR) is 74.6 cm³/mol. The van der Waals surface area contributed by atoms with Gasteiger partial charge in [-0.3, -0.25) is 0 Å². The van der Waals surface area contributed by atoms with E-state index in [2.05, 4.69) is 0 Å². The van der Waals surface area contributed by atoms with Crippen molar-refractivity contribution >= 4 is 9.84 Å². The molecule has 0 heterocycles. The summed E-state index contributed by atoms with van der Waals surface area (Å²) in [6.07, 6.45) is 0.741. The molecule has 3 nitrogen and oxygen atoms in total. The summed E-state index contributed by atoms with van der Waals surface area (Å²) < 4.78 is 35.5. The van der Waals surface area contributed by atoms with E-state index in [1.807, 2.05) is 0 Å². The molecule has 0 aliphatic rings. The molecule has 0 bridgehead atoms. The molecule has 0 saturated heterocycles. The fourth-order valence-electron chi connectivity index (χ4n) is 1.90. The second kappa shape index (κ2) is 5.73. The minimum atomic E-state index is -3.21. The van der Waals surface area contributed by atoms with Crippen LogP contribution in [-0.2, 0) is 16.3 Å². The zero-order valence-electron chi connectivity index (χ0n) is 11.0. The first-order chi connectivity index (χ1) is 9.36. The zero-order valence-corrected chi connectivity index (χ0v) is 11.8. The van der Waals surface area contributed by atoms with Crippen LogP contribution in [0, 0.1) is 5.82 Å². The van der Waals surface area contributed by atoms with Gasteiger partial charge in [0, 0.05) is 12.7 Å². The molecule has 0 radical (unpaired) electrons. The van der Waals surface area contributed by atoms with E-state index >= 15 is 0 Å². The van der Waals surface area contributed by atoms with Gasteiger partial charge in [0.1, 0.15) is 5.82 Å². The fraction of sp³-hybridized carbons (Fsp3) is 0.200. The highest BCUT2D eigenvalue weighted by atomic mass is 32.2. The third-order valence-electron chi connectivity index (χ3n) is 3.04. The van der Waals surface area contributed by atoms with E-state index < -0.39 is 15.9 Å². The Balaban J connectivity index is 2.12. The normalized spacial score (nSPS) is 13.2. The average Bonchev–Trinajstić information content (AvgIpc) is 2.39. The first-order valence-electron chi connectivity index (χ1n) is 6.09. The molecule has 1 N–H and O–H groups in total. The molecule has 2 aromatic carbocycles. The van der Waals surface area contributed by atoms with E-state index in [9.17, 15) is 17.9 Å². The van der Waals surface area contributed by atoms with Crippen molar-refractivity contribution in [3.63, 3.8) is 0 Å². The van der Waals surface area contributed by atoms with Crippen LogP contribution in [0.2, 0.25) is 0 Å². The molecule has 0 aromatic heterocycles. The molecule has 0 aliphatic heterocycles. The topological polar surface area (TPSA) is 54.4 Å². The minimum Gasteiger partial charge on any atom is -0.388 e. The first-order valence-corrected chi connectivity index (χ1v) is 7.98. The molecular weight excluding hydrogens is 279 g/mol. The molecular formula is C15H15FO3S. The number of aliphatic hydroxyl groups excluding tert-OH is 1. The molecule has 5 heteroatoms. The van der Waals surface area contributed by atoms with E-state index in [0.717, 1.165) is 11.8 Å². The number of sulfone groups is 1. The monoisotopic (exact) mass is 294 g/mol. The van der Waals surface area contributed by atoms with Crippen molar-refractivity contribution in [3.8, 4) is 0 Å². The van der Waals surface area contributed by atoms with Crippen LogP contribution in [0.15, 0.2) is 53.4 Å². The number of halogens is 1. The van der Waals surface area contributed by atoms with E-state index in [4.69, 9.17) is 0 Å². The fourth-order valence-corrected chi connectivity index (χ4v) is 2.53. The Morgan fingerprint density at radius 3 is 2.10 bits per heavy atom. The van der Waals surface area contributed by atoms with Crippen molar-refractivity contribution in [2.45, 2.75) is 17.4 Å². The molecule has 1 atom stereocenters. The molecule has 2 aromatic rings. The highest BCUT2D eigenvalue weighted by Crippen LogP contribution is 2.19. The van der Waals surface area contributed by atoms with E-state index in [1.165, 1.54) is 36.4 Å². The maximum Gasteiger partial charge on any atom is 0.175 e. The van der Waals surface area contributed by atoms with Gasteiger partial charge >= 0.3 is 0 Å². The quantitative estimate of drug-likeness (QED) is 0.942. The van der Waals surface area contributed by atoms with E-state index in [0.29, 0.717) is 12.0 Å². The van der Waals surface area contributed by atoms with E-state index in [-0.39, 0.29) is 10.7 Å². The highest BCUT2D eigenvalue weighted by Gasteiger charge is 2.10. The lowest BCUT2D eigenvalue weighted by atomic mass is 10.0. The largest absolute Gasteiger partial charge is 0.388 e. The van der Waals surface area contributed by atoms with Crippen LogP contribution < -0.4 is 0 Å². The lowest BCUT2D eigenvalue weighted by molar-refractivity contribution is 0.178. The summed E-state index contributed by atoms with van der Waals surface area (Å²) in [4.78, 5) is 0.248. The van der Waals surface area contributed by atoms with Gasteiger partial charge in [-0.25, -0.2) is 12.8 Å². The van der Waals surface area contributed by atoms with Gasteiger partial charge in [-0.05, 0) is 35.4 Å². The molecule has 2 rings (SSSR count). The van der Waals surface area contributed by atoms with Crippen LogP contribution in [0.4, 0.5) is 4.39 Å². The van der Waals surface area contributed by atoms with Crippen LogP contribution in [0.25, 0.3) is 0 Å². The highest BCUT2D eigenvalue weighted by molar-refractivity contribution is 7.90. The summed E-state index contributed by atoms with van der Waals surface area (Å²) in [6.45, 7) is 0. The Kier molecular flexibility index (Phi) is 4.20. The van der Waals surface area contributed by atoms with Crippen LogP contribution in [-0.4, -0.2) is 19.8 Å². The summed E-state index contributed by atoms with van der Waals surface area (Å²) in [5.41, 5.74) is 1.44. The molecule has 0 saturated carbocycles. The SMILES string of the molecule is CS(=O)(=O)c1ccc(CC(O)c2ccc(F)cc2)cc1. The number of rotatable bonds is 4. The van der Waals surface area contributed by atoms with Gasteiger partial charge < -0.3 is 5.11 Å². The maximum atomic E-state index is 12.8. The maximum absolute atomic E-state index is 12.8. The summed E-state index contributed by atoms with van der Waals surface area (Å²) in [7, 11) is -3.21. The Morgan fingerprint density at radius 2 is 1.60 bits per heavy atom. The summed E-state index contributed by atoms with van der Waals surface area (Å²) in [5, 5.41) is 10.1. The molecule has 106 valence electrons. The van der Waals surface area contributed by atoms with Gasteiger partial charge in [-0.1, -0.05) is 24.3 Å². The smallest absolute Gasteiger partial charge is 0.175 e. The Morgan fingerprint density at radius 1 is 1.05 bits per heavy atom. The van der Waals surface area contributed by atoms with Gasteiger partial charge in [0.25, 0.3) is 0 Å². The lowest BCUT2D eigenvalue weighted by Crippen LogP contribution is -2.03. The van der Waals surface area contributed by atoms with Gasteiger partial charge in [0.05, 0.1) is 11.0 Å². The summed E-state index contributed by atoms with van der Waals surface area (Å²) in [6, 6.07) is 12.0. The molecule has 0 aliphatic carbocycles. The molecule has 1 unspecified atom stereocenters. The third-order valence-corrected chi connectivity index (χ3v) is 4.16. The Labute approximate surface area is 117 Å². The number of hydrogen-bond acceptors (Lipinski definition) is 3. The van der Waals surface area contributed by atoms with Crippen LogP contribution in [0.3, 0.4) is 0 Å². The lowest BCUT2D eigenvalue weighted by Gasteiger charge is -2.11. The Bertz CT molecular complexity index is 676. The van der Waals surface area contributed by atoms with Crippen LogP contribution in [0.1, 0.15) is 17.2 Å². The number of aliphatic hydroxyl groups is 1. The summed E-state index contributed by atoms with van der Waals surface area (Å²) >= 11 is 0. The second-order valence-electron chi connectivity index (χ2n) is 4.69. The van der Waals surface area contributed by atoms with Crippen LogP contribution in [0.5, 0.6) is 0 Å². The molecule has 20 heavy (non-hydrogen) atoms. The van der Waals surface area contributed by atoms with Crippen molar-refractivity contribution in [2.75, 3.05) is 6.26 Å². The van der Waals surface area contributed by atoms with Gasteiger partial charge in [-0.2, -0.15) is 0 Å². The zero-order chi connectivity index (χ0) is 14.8.